The number of aliphatic carboxylic acids is 1. The van der Waals surface area contributed by atoms with Gasteiger partial charge in [-0.05, 0) is 37.8 Å². The van der Waals surface area contributed by atoms with Crippen LogP contribution >= 0.6 is 0 Å². The van der Waals surface area contributed by atoms with E-state index in [1.54, 1.807) is 13.8 Å². The number of nitrogens with one attached hydrogen (secondary N) is 2. The first-order valence-electron chi connectivity index (χ1n) is 12.1. The fourth-order valence-electron chi connectivity index (χ4n) is 3.98. The van der Waals surface area contributed by atoms with Crippen LogP contribution in [0.4, 0.5) is 0 Å². The Bertz CT molecular complexity index is 1030. The monoisotopic (exact) mass is 514 g/mol. The molecule has 0 bridgehead atoms. The third-order valence-corrected chi connectivity index (χ3v) is 5.72. The maximum absolute atomic E-state index is 13.2. The van der Waals surface area contributed by atoms with Crippen molar-refractivity contribution in [1.29, 1.82) is 0 Å². The van der Waals surface area contributed by atoms with E-state index < -0.39 is 54.5 Å². The molecule has 2 aromatic carbocycles. The number of benzene rings is 2. The molecule has 1 saturated heterocycles. The lowest BCUT2D eigenvalue weighted by molar-refractivity contribution is -0.160. The summed E-state index contributed by atoms with van der Waals surface area (Å²) >= 11 is 0. The number of ether oxygens (including phenoxy) is 3. The Balaban J connectivity index is 1.76. The van der Waals surface area contributed by atoms with Gasteiger partial charge < -0.3 is 29.7 Å². The predicted octanol–water partition coefficient (Wildman–Crippen LogP) is 1.40. The number of aliphatic hydroxyl groups is 1. The van der Waals surface area contributed by atoms with E-state index in [0.717, 1.165) is 11.1 Å². The number of hydrogen-bond donors (Lipinski definition) is 4. The van der Waals surface area contributed by atoms with Crippen molar-refractivity contribution in [2.45, 2.75) is 63.3 Å². The van der Waals surface area contributed by atoms with Gasteiger partial charge in [-0.25, -0.2) is 0 Å². The van der Waals surface area contributed by atoms with E-state index in [0.29, 0.717) is 0 Å². The molecule has 0 radical (unpaired) electrons. The minimum Gasteiger partial charge on any atom is -0.481 e. The second-order valence-electron chi connectivity index (χ2n) is 9.35. The number of carbonyl (C=O) groups is 3. The van der Waals surface area contributed by atoms with Crippen molar-refractivity contribution in [1.82, 2.24) is 10.6 Å². The first-order valence-corrected chi connectivity index (χ1v) is 12.1. The first-order chi connectivity index (χ1) is 17.6. The quantitative estimate of drug-likeness (QED) is 0.230. The standard InChI is InChI=1S/C27H34N2O8/c1-27(2)36-17-20(37-27)16-35-26(34)22(14-19-11-7-4-8-12-19)28-21(13-18-9-5-3-6-10-18)25(33)29-23(30)15-24(31)32/h3-12,20-23,28,30H,13-17H2,1-2H3,(H,29,33)(H,31,32)/t20?,21-,22?,23+/m0/s1. The number of rotatable bonds is 13. The molecule has 10 heteroatoms. The van der Waals surface area contributed by atoms with Gasteiger partial charge in [0.2, 0.25) is 5.91 Å². The summed E-state index contributed by atoms with van der Waals surface area (Å²) in [6.07, 6.45) is -2.21. The van der Waals surface area contributed by atoms with Crippen molar-refractivity contribution >= 4 is 17.8 Å². The van der Waals surface area contributed by atoms with Gasteiger partial charge in [-0.15, -0.1) is 0 Å². The molecule has 37 heavy (non-hydrogen) atoms. The molecule has 10 nitrogen and oxygen atoms in total. The minimum absolute atomic E-state index is 0.0118. The number of esters is 1. The van der Waals surface area contributed by atoms with E-state index in [-0.39, 0.29) is 26.1 Å². The third kappa shape index (κ3) is 9.58. The second kappa shape index (κ2) is 13.3. The molecule has 1 aliphatic rings. The molecule has 1 heterocycles. The maximum Gasteiger partial charge on any atom is 0.323 e. The molecule has 4 N–H and O–H groups in total. The van der Waals surface area contributed by atoms with Crippen molar-refractivity contribution < 1.29 is 38.8 Å². The normalized spacial score (nSPS) is 18.9. The topological polar surface area (TPSA) is 143 Å². The van der Waals surface area contributed by atoms with Crippen LogP contribution in [-0.4, -0.2) is 71.5 Å². The van der Waals surface area contributed by atoms with Gasteiger partial charge in [-0.2, -0.15) is 0 Å². The van der Waals surface area contributed by atoms with Gasteiger partial charge in [0.05, 0.1) is 19.1 Å². The van der Waals surface area contributed by atoms with Crippen LogP contribution in [0.3, 0.4) is 0 Å². The third-order valence-electron chi connectivity index (χ3n) is 5.72. The molecular weight excluding hydrogens is 480 g/mol. The minimum atomic E-state index is -1.58. The Labute approximate surface area is 215 Å². The molecule has 2 aromatic rings. The second-order valence-corrected chi connectivity index (χ2v) is 9.35. The predicted molar refractivity (Wildman–Crippen MR) is 133 cm³/mol. The largest absolute Gasteiger partial charge is 0.481 e. The zero-order valence-corrected chi connectivity index (χ0v) is 21.0. The van der Waals surface area contributed by atoms with E-state index >= 15 is 0 Å². The highest BCUT2D eigenvalue weighted by Gasteiger charge is 2.35. The Kier molecular flexibility index (Phi) is 10.2. The van der Waals surface area contributed by atoms with Crippen LogP contribution in [-0.2, 0) is 41.4 Å². The van der Waals surface area contributed by atoms with E-state index in [4.69, 9.17) is 19.3 Å². The molecule has 2 unspecified atom stereocenters. The van der Waals surface area contributed by atoms with Crippen molar-refractivity contribution in [2.75, 3.05) is 13.2 Å². The summed E-state index contributed by atoms with van der Waals surface area (Å²) in [5.74, 6) is -3.23. The van der Waals surface area contributed by atoms with Crippen LogP contribution in [0.2, 0.25) is 0 Å². The Morgan fingerprint density at radius 3 is 2.08 bits per heavy atom. The molecule has 0 saturated carbocycles. The number of amides is 1. The van der Waals surface area contributed by atoms with Gasteiger partial charge in [-0.1, -0.05) is 60.7 Å². The fourth-order valence-corrected chi connectivity index (χ4v) is 3.98. The maximum atomic E-state index is 13.2. The molecule has 4 atom stereocenters. The summed E-state index contributed by atoms with van der Waals surface area (Å²) < 4.78 is 16.8. The molecular formula is C27H34N2O8. The van der Waals surface area contributed by atoms with E-state index in [1.807, 2.05) is 60.7 Å². The zero-order chi connectivity index (χ0) is 26.8. The molecule has 0 aromatic heterocycles. The lowest BCUT2D eigenvalue weighted by Crippen LogP contribution is -2.55. The number of carbonyl (C=O) groups excluding carboxylic acids is 2. The first kappa shape index (κ1) is 28.3. The molecule has 0 spiro atoms. The smallest absolute Gasteiger partial charge is 0.323 e. The highest BCUT2D eigenvalue weighted by atomic mass is 16.7. The number of hydrogen-bond acceptors (Lipinski definition) is 8. The molecule has 1 fully saturated rings. The van der Waals surface area contributed by atoms with Crippen molar-refractivity contribution in [3.05, 3.63) is 71.8 Å². The molecule has 3 rings (SSSR count). The molecule has 0 aliphatic carbocycles. The van der Waals surface area contributed by atoms with Crippen molar-refractivity contribution in [3.63, 3.8) is 0 Å². The number of aliphatic hydroxyl groups excluding tert-OH is 1. The summed E-state index contributed by atoms with van der Waals surface area (Å²) in [4.78, 5) is 37.2. The van der Waals surface area contributed by atoms with Crippen LogP contribution < -0.4 is 10.6 Å². The summed E-state index contributed by atoms with van der Waals surface area (Å²) in [6.45, 7) is 3.83. The zero-order valence-electron chi connectivity index (χ0n) is 21.0. The highest BCUT2D eigenvalue weighted by molar-refractivity contribution is 5.84. The number of carboxylic acid groups (broad SMARTS) is 1. The van der Waals surface area contributed by atoms with Crippen LogP contribution in [0, 0.1) is 0 Å². The Morgan fingerprint density at radius 2 is 1.57 bits per heavy atom. The van der Waals surface area contributed by atoms with Crippen molar-refractivity contribution in [2.24, 2.45) is 0 Å². The van der Waals surface area contributed by atoms with Gasteiger partial charge in [0, 0.05) is 0 Å². The summed E-state index contributed by atoms with van der Waals surface area (Å²) in [6, 6.07) is 16.6. The van der Waals surface area contributed by atoms with Gasteiger partial charge in [-0.3, -0.25) is 19.7 Å². The highest BCUT2D eigenvalue weighted by Crippen LogP contribution is 2.22. The average Bonchev–Trinajstić information content (AvgIpc) is 3.20. The molecule has 1 amide bonds. The van der Waals surface area contributed by atoms with Gasteiger partial charge in [0.15, 0.2) is 5.79 Å². The van der Waals surface area contributed by atoms with Crippen LogP contribution in [0.15, 0.2) is 60.7 Å². The molecule has 1 aliphatic heterocycles. The van der Waals surface area contributed by atoms with Crippen LogP contribution in [0.1, 0.15) is 31.4 Å². The average molecular weight is 515 g/mol. The molecule has 200 valence electrons. The Morgan fingerprint density at radius 1 is 1.00 bits per heavy atom. The summed E-state index contributed by atoms with van der Waals surface area (Å²) in [7, 11) is 0. The van der Waals surface area contributed by atoms with Crippen LogP contribution in [0.25, 0.3) is 0 Å². The van der Waals surface area contributed by atoms with Gasteiger partial charge >= 0.3 is 11.9 Å². The van der Waals surface area contributed by atoms with E-state index in [9.17, 15) is 19.5 Å². The SMILES string of the molecule is CC1(C)OCC(COC(=O)C(Cc2ccccc2)N[C@@H](Cc2ccccc2)C(=O)N[C@H](O)CC(=O)O)O1. The number of carboxylic acids is 1. The Hall–Kier alpha value is -3.31. The summed E-state index contributed by atoms with van der Waals surface area (Å²) in [5.41, 5.74) is 1.66. The summed E-state index contributed by atoms with van der Waals surface area (Å²) in [5, 5.41) is 24.3. The van der Waals surface area contributed by atoms with Gasteiger partial charge in [0.1, 0.15) is 25.0 Å². The lowest BCUT2D eigenvalue weighted by atomic mass is 10.0. The van der Waals surface area contributed by atoms with Gasteiger partial charge in [0.25, 0.3) is 0 Å². The fraction of sp³-hybridized carbons (Fsp3) is 0.444. The van der Waals surface area contributed by atoms with Crippen molar-refractivity contribution in [3.8, 4) is 0 Å². The van der Waals surface area contributed by atoms with E-state index in [2.05, 4.69) is 10.6 Å². The van der Waals surface area contributed by atoms with Crippen LogP contribution in [0.5, 0.6) is 0 Å². The lowest BCUT2D eigenvalue weighted by Gasteiger charge is -2.26. The van der Waals surface area contributed by atoms with E-state index in [1.165, 1.54) is 0 Å².